The SMILES string of the molecule is Cc1cc(NC(=O)CN2CCN(C[C@@H](O)C3CC3)CC2)no1. The maximum absolute atomic E-state index is 12.0. The third-order valence-corrected chi connectivity index (χ3v) is 4.34. The average molecular weight is 308 g/mol. The Kier molecular flexibility index (Phi) is 4.75. The molecule has 2 aliphatic rings. The highest BCUT2D eigenvalue weighted by atomic mass is 16.5. The summed E-state index contributed by atoms with van der Waals surface area (Å²) in [6, 6.07) is 1.70. The van der Waals surface area contributed by atoms with Gasteiger partial charge in [0, 0.05) is 38.8 Å². The van der Waals surface area contributed by atoms with Crippen LogP contribution in [0.2, 0.25) is 0 Å². The number of hydrogen-bond acceptors (Lipinski definition) is 6. The fourth-order valence-electron chi connectivity index (χ4n) is 2.84. The predicted molar refractivity (Wildman–Crippen MR) is 81.5 cm³/mol. The van der Waals surface area contributed by atoms with Gasteiger partial charge in [0.2, 0.25) is 5.91 Å². The van der Waals surface area contributed by atoms with Crippen molar-refractivity contribution >= 4 is 11.7 Å². The minimum atomic E-state index is -0.176. The molecule has 122 valence electrons. The van der Waals surface area contributed by atoms with Crippen LogP contribution in [0.1, 0.15) is 18.6 Å². The molecule has 7 nitrogen and oxygen atoms in total. The molecule has 1 atom stereocenters. The van der Waals surface area contributed by atoms with E-state index < -0.39 is 0 Å². The van der Waals surface area contributed by atoms with Crippen LogP contribution in [0, 0.1) is 12.8 Å². The zero-order valence-electron chi connectivity index (χ0n) is 13.0. The zero-order valence-corrected chi connectivity index (χ0v) is 13.0. The number of amides is 1. The number of nitrogens with one attached hydrogen (secondary N) is 1. The van der Waals surface area contributed by atoms with E-state index in [1.807, 2.05) is 0 Å². The van der Waals surface area contributed by atoms with Crippen molar-refractivity contribution in [2.45, 2.75) is 25.9 Å². The van der Waals surface area contributed by atoms with Gasteiger partial charge in [0.15, 0.2) is 5.82 Å². The predicted octanol–water partition coefficient (Wildman–Crippen LogP) is 0.310. The fourth-order valence-corrected chi connectivity index (χ4v) is 2.84. The Morgan fingerprint density at radius 1 is 1.41 bits per heavy atom. The molecule has 1 amide bonds. The van der Waals surface area contributed by atoms with Gasteiger partial charge in [-0.25, -0.2) is 0 Å². The molecule has 1 aliphatic carbocycles. The van der Waals surface area contributed by atoms with E-state index in [1.165, 1.54) is 12.8 Å². The van der Waals surface area contributed by atoms with E-state index in [9.17, 15) is 9.90 Å². The molecule has 0 unspecified atom stereocenters. The average Bonchev–Trinajstić information content (AvgIpc) is 3.25. The zero-order chi connectivity index (χ0) is 15.5. The van der Waals surface area contributed by atoms with Gasteiger partial charge < -0.3 is 14.9 Å². The lowest BCUT2D eigenvalue weighted by Gasteiger charge is -2.35. The smallest absolute Gasteiger partial charge is 0.239 e. The number of carbonyl (C=O) groups excluding carboxylic acids is 1. The lowest BCUT2D eigenvalue weighted by molar-refractivity contribution is -0.117. The van der Waals surface area contributed by atoms with Crippen LogP contribution >= 0.6 is 0 Å². The minimum absolute atomic E-state index is 0.0697. The topological polar surface area (TPSA) is 81.8 Å². The molecule has 1 aromatic heterocycles. The second-order valence-corrected chi connectivity index (χ2v) is 6.35. The van der Waals surface area contributed by atoms with Gasteiger partial charge in [0.1, 0.15) is 5.76 Å². The van der Waals surface area contributed by atoms with Crippen LogP contribution in [0.5, 0.6) is 0 Å². The van der Waals surface area contributed by atoms with E-state index in [-0.39, 0.29) is 12.0 Å². The number of nitrogens with zero attached hydrogens (tertiary/aromatic N) is 3. The Morgan fingerprint density at radius 3 is 2.68 bits per heavy atom. The van der Waals surface area contributed by atoms with E-state index in [0.717, 1.165) is 32.7 Å². The summed E-state index contributed by atoms with van der Waals surface area (Å²) in [5.74, 6) is 1.60. The molecule has 7 heteroatoms. The third kappa shape index (κ3) is 4.28. The van der Waals surface area contributed by atoms with Gasteiger partial charge in [-0.05, 0) is 25.7 Å². The highest BCUT2D eigenvalue weighted by Crippen LogP contribution is 2.32. The number of aliphatic hydroxyl groups is 1. The maximum atomic E-state index is 12.0. The molecule has 2 heterocycles. The van der Waals surface area contributed by atoms with Crippen LogP contribution < -0.4 is 5.32 Å². The molecular formula is C15H24N4O3. The number of aromatic nitrogens is 1. The van der Waals surface area contributed by atoms with Gasteiger partial charge >= 0.3 is 0 Å². The number of aryl methyl sites for hydroxylation is 1. The van der Waals surface area contributed by atoms with Crippen molar-refractivity contribution in [3.05, 3.63) is 11.8 Å². The lowest BCUT2D eigenvalue weighted by atomic mass is 10.2. The monoisotopic (exact) mass is 308 g/mol. The quantitative estimate of drug-likeness (QED) is 0.787. The molecule has 1 saturated heterocycles. The van der Waals surface area contributed by atoms with Gasteiger partial charge in [-0.15, -0.1) is 0 Å². The molecule has 3 rings (SSSR count). The molecule has 2 N–H and O–H groups in total. The van der Waals surface area contributed by atoms with Gasteiger partial charge in [-0.1, -0.05) is 5.16 Å². The first-order valence-electron chi connectivity index (χ1n) is 7.96. The summed E-state index contributed by atoms with van der Waals surface area (Å²) in [4.78, 5) is 16.4. The van der Waals surface area contributed by atoms with Gasteiger partial charge in [-0.2, -0.15) is 0 Å². The first kappa shape index (κ1) is 15.5. The van der Waals surface area contributed by atoms with Crippen LogP contribution in [0.15, 0.2) is 10.6 Å². The molecule has 1 aromatic rings. The molecule has 1 aliphatic heterocycles. The summed E-state index contributed by atoms with van der Waals surface area (Å²) in [6.45, 7) is 6.43. The van der Waals surface area contributed by atoms with Crippen molar-refractivity contribution in [3.63, 3.8) is 0 Å². The normalized spacial score (nSPS) is 21.7. The second kappa shape index (κ2) is 6.76. The first-order valence-corrected chi connectivity index (χ1v) is 7.96. The molecule has 2 fully saturated rings. The molecule has 0 bridgehead atoms. The van der Waals surface area contributed by atoms with Crippen molar-refractivity contribution < 1.29 is 14.4 Å². The van der Waals surface area contributed by atoms with Gasteiger partial charge in [-0.3, -0.25) is 14.6 Å². The molecule has 0 radical (unpaired) electrons. The first-order chi connectivity index (χ1) is 10.6. The number of rotatable bonds is 6. The minimum Gasteiger partial charge on any atom is -0.392 e. The highest BCUT2D eigenvalue weighted by molar-refractivity contribution is 5.91. The Labute approximate surface area is 130 Å². The van der Waals surface area contributed by atoms with Gasteiger partial charge in [0.05, 0.1) is 12.6 Å². The summed E-state index contributed by atoms with van der Waals surface area (Å²) in [6.07, 6.45) is 2.16. The van der Waals surface area contributed by atoms with E-state index in [2.05, 4.69) is 20.3 Å². The highest BCUT2D eigenvalue weighted by Gasteiger charge is 2.31. The summed E-state index contributed by atoms with van der Waals surface area (Å²) >= 11 is 0. The van der Waals surface area contributed by atoms with Crippen molar-refractivity contribution in [3.8, 4) is 0 Å². The Morgan fingerprint density at radius 2 is 2.09 bits per heavy atom. The summed E-state index contributed by atoms with van der Waals surface area (Å²) in [5, 5.41) is 16.5. The van der Waals surface area contributed by atoms with Crippen molar-refractivity contribution in [2.24, 2.45) is 5.92 Å². The Bertz CT molecular complexity index is 507. The molecule has 22 heavy (non-hydrogen) atoms. The number of hydrogen-bond donors (Lipinski definition) is 2. The largest absolute Gasteiger partial charge is 0.392 e. The van der Waals surface area contributed by atoms with E-state index >= 15 is 0 Å². The number of β-amino-alcohol motifs (C(OH)–C–C–N with tert-alkyl or cyclic N) is 1. The van der Waals surface area contributed by atoms with E-state index in [1.54, 1.807) is 13.0 Å². The van der Waals surface area contributed by atoms with Crippen LogP contribution in [0.25, 0.3) is 0 Å². The summed E-state index contributed by atoms with van der Waals surface area (Å²) < 4.78 is 4.92. The number of anilines is 1. The van der Waals surface area contributed by atoms with Crippen LogP contribution in [-0.2, 0) is 4.79 Å². The molecule has 0 spiro atoms. The molecular weight excluding hydrogens is 284 g/mol. The van der Waals surface area contributed by atoms with Crippen molar-refractivity contribution in [1.82, 2.24) is 15.0 Å². The molecule has 0 aromatic carbocycles. The van der Waals surface area contributed by atoms with Crippen molar-refractivity contribution in [1.29, 1.82) is 0 Å². The Hall–Kier alpha value is -1.44. The number of carbonyl (C=O) groups is 1. The summed E-state index contributed by atoms with van der Waals surface area (Å²) in [7, 11) is 0. The number of piperazine rings is 1. The van der Waals surface area contributed by atoms with Crippen LogP contribution in [-0.4, -0.2) is 71.3 Å². The Balaban J connectivity index is 1.37. The maximum Gasteiger partial charge on any atom is 0.239 e. The standard InChI is InChI=1S/C15H24N4O3/c1-11-8-14(17-22-11)16-15(21)10-19-6-4-18(5-7-19)9-13(20)12-2-3-12/h8,12-13,20H,2-7,9-10H2,1H3,(H,16,17,21)/t13-/m1/s1. The van der Waals surface area contributed by atoms with Gasteiger partial charge in [0.25, 0.3) is 0 Å². The van der Waals surface area contributed by atoms with Crippen LogP contribution in [0.3, 0.4) is 0 Å². The van der Waals surface area contributed by atoms with E-state index in [4.69, 9.17) is 4.52 Å². The summed E-state index contributed by atoms with van der Waals surface area (Å²) in [5.41, 5.74) is 0. The number of aliphatic hydroxyl groups excluding tert-OH is 1. The van der Waals surface area contributed by atoms with Crippen molar-refractivity contribution in [2.75, 3.05) is 44.6 Å². The second-order valence-electron chi connectivity index (χ2n) is 6.35. The molecule has 1 saturated carbocycles. The fraction of sp³-hybridized carbons (Fsp3) is 0.733. The van der Waals surface area contributed by atoms with E-state index in [0.29, 0.717) is 24.0 Å². The lowest BCUT2D eigenvalue weighted by Crippen LogP contribution is -2.50. The third-order valence-electron chi connectivity index (χ3n) is 4.34. The van der Waals surface area contributed by atoms with Crippen LogP contribution in [0.4, 0.5) is 5.82 Å².